The van der Waals surface area contributed by atoms with Crippen LogP contribution in [0.15, 0.2) is 65.5 Å². The number of nitrogens with one attached hydrogen (secondary N) is 1. The van der Waals surface area contributed by atoms with Crippen molar-refractivity contribution in [1.29, 1.82) is 0 Å². The fourth-order valence-electron chi connectivity index (χ4n) is 2.98. The topological polar surface area (TPSA) is 68.2 Å². The highest BCUT2D eigenvalue weighted by molar-refractivity contribution is 7.09. The average Bonchev–Trinajstić information content (AvgIpc) is 3.05. The lowest BCUT2D eigenvalue weighted by molar-refractivity contribution is -0.123. The van der Waals surface area contributed by atoms with Crippen LogP contribution in [0.4, 0.5) is 0 Å². The van der Waals surface area contributed by atoms with Gasteiger partial charge in [-0.15, -0.1) is 6.42 Å². The smallest absolute Gasteiger partial charge is 0.265 e. The lowest BCUT2D eigenvalue weighted by atomic mass is 10.1. The number of hydrogen-bond donors (Lipinski definition) is 1. The Balaban J connectivity index is 2.01. The van der Waals surface area contributed by atoms with E-state index in [1.165, 1.54) is 3.96 Å². The number of rotatable bonds is 7. The Morgan fingerprint density at radius 2 is 1.72 bits per heavy atom. The van der Waals surface area contributed by atoms with Crippen LogP contribution < -0.4 is 10.9 Å². The lowest BCUT2D eigenvalue weighted by Gasteiger charge is -2.16. The first-order chi connectivity index (χ1) is 14.0. The molecule has 0 aliphatic rings. The largest absolute Gasteiger partial charge is 0.343 e. The van der Waals surface area contributed by atoms with Crippen molar-refractivity contribution in [2.75, 3.05) is 6.54 Å². The summed E-state index contributed by atoms with van der Waals surface area (Å²) in [7, 11) is 0. The molecular formula is C23H20N2O3S. The van der Waals surface area contributed by atoms with Gasteiger partial charge in [0, 0.05) is 17.5 Å². The van der Waals surface area contributed by atoms with Crippen molar-refractivity contribution < 1.29 is 9.59 Å². The molecule has 0 saturated carbocycles. The van der Waals surface area contributed by atoms with Gasteiger partial charge < -0.3 is 5.32 Å². The number of carbonyl (C=O) groups is 2. The molecule has 0 aliphatic heterocycles. The fourth-order valence-corrected chi connectivity index (χ4v) is 4.12. The van der Waals surface area contributed by atoms with E-state index in [2.05, 4.69) is 11.2 Å². The van der Waals surface area contributed by atoms with Gasteiger partial charge in [0.05, 0.1) is 6.54 Å². The zero-order chi connectivity index (χ0) is 20.8. The van der Waals surface area contributed by atoms with Crippen molar-refractivity contribution in [1.82, 2.24) is 9.27 Å². The molecule has 5 nitrogen and oxygen atoms in total. The molecule has 1 heterocycles. The van der Waals surface area contributed by atoms with Gasteiger partial charge in [0.25, 0.3) is 5.56 Å². The van der Waals surface area contributed by atoms with Gasteiger partial charge in [-0.1, -0.05) is 78.1 Å². The van der Waals surface area contributed by atoms with E-state index < -0.39 is 6.04 Å². The van der Waals surface area contributed by atoms with Gasteiger partial charge in [-0.25, -0.2) is 0 Å². The van der Waals surface area contributed by atoms with Crippen molar-refractivity contribution >= 4 is 23.2 Å². The van der Waals surface area contributed by atoms with Crippen molar-refractivity contribution in [2.45, 2.75) is 19.4 Å². The molecule has 1 amide bonds. The first kappa shape index (κ1) is 20.3. The van der Waals surface area contributed by atoms with Crippen LogP contribution in [-0.4, -0.2) is 22.2 Å². The number of hydrogen-bond acceptors (Lipinski definition) is 4. The highest BCUT2D eigenvalue weighted by atomic mass is 32.1. The van der Waals surface area contributed by atoms with Crippen LogP contribution in [0.2, 0.25) is 0 Å². The average molecular weight is 404 g/mol. The third-order valence-electron chi connectivity index (χ3n) is 4.52. The first-order valence-corrected chi connectivity index (χ1v) is 9.87. The molecule has 3 aromatic rings. The minimum Gasteiger partial charge on any atom is -0.343 e. The Bertz CT molecular complexity index is 1110. The number of terminal acetylenes is 1. The number of nitrogens with zero attached hydrogens (tertiary/aromatic N) is 1. The number of aromatic nitrogens is 1. The summed E-state index contributed by atoms with van der Waals surface area (Å²) in [5.74, 6) is 1.79. The third-order valence-corrected chi connectivity index (χ3v) is 5.81. The van der Waals surface area contributed by atoms with Crippen LogP contribution in [0, 0.1) is 19.3 Å². The fraction of sp³-hybridized carbons (Fsp3) is 0.174. The highest BCUT2D eigenvalue weighted by Gasteiger charge is 2.27. The standard InChI is InChI=1S/C23H20N2O3S/c1-3-14-24-22(27)19(15-17-10-6-4-7-11-17)25-23(28)16(2)21(29-25)20(26)18-12-8-5-9-13-18/h1,4-13,19H,14-15H2,2H3,(H,24,27). The molecule has 1 atom stereocenters. The summed E-state index contributed by atoms with van der Waals surface area (Å²) in [6.07, 6.45) is 5.57. The number of amides is 1. The molecule has 0 fully saturated rings. The number of ketones is 1. The Labute approximate surface area is 173 Å². The van der Waals surface area contributed by atoms with Crippen LogP contribution in [0.1, 0.15) is 32.4 Å². The molecule has 1 N–H and O–H groups in total. The van der Waals surface area contributed by atoms with E-state index in [1.54, 1.807) is 31.2 Å². The quantitative estimate of drug-likeness (QED) is 0.486. The predicted octanol–water partition coefficient (Wildman–Crippen LogP) is 2.98. The minimum atomic E-state index is -0.792. The normalized spacial score (nSPS) is 11.4. The van der Waals surface area contributed by atoms with E-state index in [0.717, 1.165) is 17.1 Å². The van der Waals surface area contributed by atoms with Gasteiger partial charge in [-0.05, 0) is 12.5 Å². The van der Waals surface area contributed by atoms with Crippen molar-refractivity contribution in [3.8, 4) is 12.3 Å². The van der Waals surface area contributed by atoms with Crippen LogP contribution in [-0.2, 0) is 11.2 Å². The van der Waals surface area contributed by atoms with E-state index in [9.17, 15) is 14.4 Å². The molecule has 0 radical (unpaired) electrons. The van der Waals surface area contributed by atoms with E-state index >= 15 is 0 Å². The van der Waals surface area contributed by atoms with E-state index in [4.69, 9.17) is 6.42 Å². The van der Waals surface area contributed by atoms with Gasteiger partial charge in [0.1, 0.15) is 10.9 Å². The first-order valence-electron chi connectivity index (χ1n) is 9.10. The van der Waals surface area contributed by atoms with Gasteiger partial charge >= 0.3 is 0 Å². The van der Waals surface area contributed by atoms with E-state index in [-0.39, 0.29) is 23.8 Å². The summed E-state index contributed by atoms with van der Waals surface area (Å²) in [4.78, 5) is 38.9. The summed E-state index contributed by atoms with van der Waals surface area (Å²) in [5, 5.41) is 2.65. The molecule has 3 rings (SSSR count). The molecule has 0 bridgehead atoms. The SMILES string of the molecule is C#CCNC(=O)C(Cc1ccccc1)n1sc(C(=O)c2ccccc2)c(C)c1=O. The van der Waals surface area contributed by atoms with Crippen molar-refractivity contribution in [2.24, 2.45) is 0 Å². The Morgan fingerprint density at radius 3 is 2.34 bits per heavy atom. The molecule has 1 unspecified atom stereocenters. The summed E-state index contributed by atoms with van der Waals surface area (Å²) in [6.45, 7) is 1.68. The second-order valence-electron chi connectivity index (χ2n) is 6.50. The third kappa shape index (κ3) is 4.53. The minimum absolute atomic E-state index is 0.0685. The maximum atomic E-state index is 12.9. The molecule has 1 aromatic heterocycles. The lowest BCUT2D eigenvalue weighted by Crippen LogP contribution is -2.37. The summed E-state index contributed by atoms with van der Waals surface area (Å²) in [6, 6.07) is 17.4. The molecule has 29 heavy (non-hydrogen) atoms. The number of benzene rings is 2. The maximum absolute atomic E-state index is 12.9. The molecule has 6 heteroatoms. The zero-order valence-electron chi connectivity index (χ0n) is 15.9. The highest BCUT2D eigenvalue weighted by Crippen LogP contribution is 2.23. The molecule has 0 saturated heterocycles. The van der Waals surface area contributed by atoms with E-state index in [1.807, 2.05) is 36.4 Å². The Hall–Kier alpha value is -3.43. The zero-order valence-corrected chi connectivity index (χ0v) is 16.7. The van der Waals surface area contributed by atoms with Crippen molar-refractivity contribution in [3.05, 3.63) is 92.6 Å². The Kier molecular flexibility index (Phi) is 6.43. The maximum Gasteiger partial charge on any atom is 0.265 e. The van der Waals surface area contributed by atoms with Gasteiger partial charge in [0.2, 0.25) is 11.7 Å². The molecular weight excluding hydrogens is 384 g/mol. The Morgan fingerprint density at radius 1 is 1.10 bits per heavy atom. The summed E-state index contributed by atoms with van der Waals surface area (Å²) < 4.78 is 1.38. The van der Waals surface area contributed by atoms with Gasteiger partial charge in [0.15, 0.2) is 0 Å². The predicted molar refractivity (Wildman–Crippen MR) is 114 cm³/mol. The second kappa shape index (κ2) is 9.18. The van der Waals surface area contributed by atoms with Crippen LogP contribution >= 0.6 is 11.5 Å². The van der Waals surface area contributed by atoms with Crippen molar-refractivity contribution in [3.63, 3.8) is 0 Å². The van der Waals surface area contributed by atoms with Gasteiger partial charge in [-0.3, -0.25) is 18.3 Å². The molecule has 146 valence electrons. The van der Waals surface area contributed by atoms with E-state index in [0.29, 0.717) is 22.4 Å². The van der Waals surface area contributed by atoms with Gasteiger partial charge in [-0.2, -0.15) is 0 Å². The van der Waals surface area contributed by atoms with Crippen LogP contribution in [0.25, 0.3) is 0 Å². The number of carbonyl (C=O) groups excluding carboxylic acids is 2. The summed E-state index contributed by atoms with van der Waals surface area (Å²) in [5.41, 5.74) is 1.40. The van der Waals surface area contributed by atoms with Crippen LogP contribution in [0.3, 0.4) is 0 Å². The molecule has 0 spiro atoms. The second-order valence-corrected chi connectivity index (χ2v) is 7.48. The summed E-state index contributed by atoms with van der Waals surface area (Å²) >= 11 is 1.02. The monoisotopic (exact) mass is 404 g/mol. The molecule has 0 aliphatic carbocycles. The molecule has 2 aromatic carbocycles. The van der Waals surface area contributed by atoms with Crippen LogP contribution in [0.5, 0.6) is 0 Å².